The van der Waals surface area contributed by atoms with E-state index in [0.29, 0.717) is 6.54 Å². The first-order valence-corrected chi connectivity index (χ1v) is 6.53. The lowest BCUT2D eigenvalue weighted by Gasteiger charge is -2.02. The number of para-hydroxylation sites is 1. The predicted molar refractivity (Wildman–Crippen MR) is 78.1 cm³/mol. The number of H-pyrrole nitrogens is 2. The van der Waals surface area contributed by atoms with Crippen molar-refractivity contribution in [2.24, 2.45) is 5.73 Å². The van der Waals surface area contributed by atoms with E-state index in [2.05, 4.69) is 35.9 Å². The van der Waals surface area contributed by atoms with Crippen LogP contribution in [0, 0.1) is 6.92 Å². The summed E-state index contributed by atoms with van der Waals surface area (Å²) in [5.74, 6) is 1.21. The highest BCUT2D eigenvalue weighted by atomic mass is 14.9. The standard InChI is InChI=1S/C15H18N4/c1-9(7-16)15-18-10(2)14(19-15)12-8-17-13-6-4-3-5-11(12)13/h3-6,8-9,17H,7,16H2,1-2H3,(H,18,19). The monoisotopic (exact) mass is 254 g/mol. The molecule has 98 valence electrons. The third-order valence-electron chi connectivity index (χ3n) is 3.57. The molecule has 0 aliphatic heterocycles. The van der Waals surface area contributed by atoms with Crippen LogP contribution in [-0.4, -0.2) is 21.5 Å². The molecular weight excluding hydrogens is 236 g/mol. The number of nitrogens with one attached hydrogen (secondary N) is 2. The minimum atomic E-state index is 0.248. The maximum absolute atomic E-state index is 5.71. The molecule has 3 aromatic rings. The minimum Gasteiger partial charge on any atom is -0.360 e. The number of imidazole rings is 1. The van der Waals surface area contributed by atoms with Gasteiger partial charge in [-0.1, -0.05) is 25.1 Å². The summed E-state index contributed by atoms with van der Waals surface area (Å²) in [6.07, 6.45) is 2.02. The van der Waals surface area contributed by atoms with E-state index in [9.17, 15) is 0 Å². The van der Waals surface area contributed by atoms with Crippen LogP contribution in [0.4, 0.5) is 0 Å². The summed E-state index contributed by atoms with van der Waals surface area (Å²) < 4.78 is 0. The summed E-state index contributed by atoms with van der Waals surface area (Å²) >= 11 is 0. The SMILES string of the molecule is Cc1[nH]c(C(C)CN)nc1-c1c[nH]c2ccccc12. The van der Waals surface area contributed by atoms with Gasteiger partial charge in [-0.15, -0.1) is 0 Å². The average molecular weight is 254 g/mol. The van der Waals surface area contributed by atoms with Gasteiger partial charge in [0.1, 0.15) is 5.82 Å². The molecular formula is C15H18N4. The Bertz CT molecular complexity index is 708. The molecule has 3 rings (SSSR count). The number of aryl methyl sites for hydroxylation is 1. The van der Waals surface area contributed by atoms with Crippen molar-refractivity contribution >= 4 is 10.9 Å². The van der Waals surface area contributed by atoms with Crippen molar-refractivity contribution in [2.45, 2.75) is 19.8 Å². The number of nitrogens with two attached hydrogens (primary N) is 1. The van der Waals surface area contributed by atoms with Crippen LogP contribution in [-0.2, 0) is 0 Å². The van der Waals surface area contributed by atoms with Gasteiger partial charge in [0.15, 0.2) is 0 Å². The van der Waals surface area contributed by atoms with Gasteiger partial charge in [0.25, 0.3) is 0 Å². The fraction of sp³-hybridized carbons (Fsp3) is 0.267. The smallest absolute Gasteiger partial charge is 0.111 e. The van der Waals surface area contributed by atoms with Gasteiger partial charge in [0.2, 0.25) is 0 Å². The Hall–Kier alpha value is -2.07. The highest BCUT2D eigenvalue weighted by Crippen LogP contribution is 2.30. The molecule has 0 spiro atoms. The number of rotatable bonds is 3. The van der Waals surface area contributed by atoms with E-state index in [-0.39, 0.29) is 5.92 Å². The molecule has 0 aliphatic rings. The fourth-order valence-electron chi connectivity index (χ4n) is 2.36. The lowest BCUT2D eigenvalue weighted by molar-refractivity contribution is 0.723. The Morgan fingerprint density at radius 1 is 1.32 bits per heavy atom. The first-order chi connectivity index (χ1) is 9.20. The Morgan fingerprint density at radius 2 is 2.11 bits per heavy atom. The maximum Gasteiger partial charge on any atom is 0.111 e. The van der Waals surface area contributed by atoms with E-state index in [1.807, 2.05) is 18.3 Å². The molecule has 0 fully saturated rings. The molecule has 0 aliphatic carbocycles. The second-order valence-corrected chi connectivity index (χ2v) is 4.98. The third kappa shape index (κ3) is 1.94. The van der Waals surface area contributed by atoms with Crippen LogP contribution in [0.1, 0.15) is 24.4 Å². The fourth-order valence-corrected chi connectivity index (χ4v) is 2.36. The van der Waals surface area contributed by atoms with Crippen LogP contribution < -0.4 is 5.73 Å². The lowest BCUT2D eigenvalue weighted by Crippen LogP contribution is -2.10. The highest BCUT2D eigenvalue weighted by Gasteiger charge is 2.15. The summed E-state index contributed by atoms with van der Waals surface area (Å²) in [6.45, 7) is 4.73. The van der Waals surface area contributed by atoms with Crippen molar-refractivity contribution in [2.75, 3.05) is 6.54 Å². The first-order valence-electron chi connectivity index (χ1n) is 6.53. The lowest BCUT2D eigenvalue weighted by atomic mass is 10.1. The molecule has 2 heterocycles. The molecule has 1 aromatic carbocycles. The van der Waals surface area contributed by atoms with Crippen molar-refractivity contribution in [3.63, 3.8) is 0 Å². The molecule has 2 aromatic heterocycles. The highest BCUT2D eigenvalue weighted by molar-refractivity contribution is 5.95. The summed E-state index contributed by atoms with van der Waals surface area (Å²) in [6, 6.07) is 8.26. The van der Waals surface area contributed by atoms with E-state index in [4.69, 9.17) is 10.7 Å². The normalized spacial score (nSPS) is 13.0. The number of nitrogens with zero attached hydrogens (tertiary/aromatic N) is 1. The Kier molecular flexibility index (Phi) is 2.87. The van der Waals surface area contributed by atoms with Crippen LogP contribution in [0.3, 0.4) is 0 Å². The number of hydrogen-bond donors (Lipinski definition) is 3. The van der Waals surface area contributed by atoms with Gasteiger partial charge >= 0.3 is 0 Å². The second kappa shape index (κ2) is 4.55. The molecule has 0 radical (unpaired) electrons. The molecule has 4 heteroatoms. The van der Waals surface area contributed by atoms with Gasteiger partial charge in [0, 0.05) is 40.8 Å². The zero-order valence-electron chi connectivity index (χ0n) is 11.2. The van der Waals surface area contributed by atoms with E-state index in [1.165, 1.54) is 5.39 Å². The Balaban J connectivity index is 2.14. The zero-order chi connectivity index (χ0) is 13.4. The number of benzene rings is 1. The molecule has 1 atom stereocenters. The van der Waals surface area contributed by atoms with Crippen LogP contribution in [0.5, 0.6) is 0 Å². The molecule has 0 amide bonds. The van der Waals surface area contributed by atoms with E-state index in [1.54, 1.807) is 0 Å². The van der Waals surface area contributed by atoms with Gasteiger partial charge in [-0.05, 0) is 13.0 Å². The van der Waals surface area contributed by atoms with Crippen molar-refractivity contribution in [1.82, 2.24) is 15.0 Å². The molecule has 4 N–H and O–H groups in total. The quantitative estimate of drug-likeness (QED) is 0.672. The molecule has 1 unspecified atom stereocenters. The van der Waals surface area contributed by atoms with Gasteiger partial charge in [0.05, 0.1) is 5.69 Å². The maximum atomic E-state index is 5.71. The number of aromatic nitrogens is 3. The largest absolute Gasteiger partial charge is 0.360 e. The number of aromatic amines is 2. The predicted octanol–water partition coefficient (Wildman–Crippen LogP) is 2.93. The van der Waals surface area contributed by atoms with Crippen molar-refractivity contribution in [3.8, 4) is 11.3 Å². The summed E-state index contributed by atoms with van der Waals surface area (Å²) in [5, 5.41) is 1.20. The van der Waals surface area contributed by atoms with Crippen LogP contribution in [0.25, 0.3) is 22.2 Å². The van der Waals surface area contributed by atoms with Crippen LogP contribution in [0.2, 0.25) is 0 Å². The summed E-state index contributed by atoms with van der Waals surface area (Å²) in [5.41, 5.74) is 10.1. The number of fused-ring (bicyclic) bond motifs is 1. The number of hydrogen-bond acceptors (Lipinski definition) is 2. The first kappa shape index (κ1) is 12.0. The van der Waals surface area contributed by atoms with Crippen LogP contribution >= 0.6 is 0 Å². The van der Waals surface area contributed by atoms with Crippen molar-refractivity contribution < 1.29 is 0 Å². The van der Waals surface area contributed by atoms with E-state index < -0.39 is 0 Å². The van der Waals surface area contributed by atoms with Gasteiger partial charge in [-0.2, -0.15) is 0 Å². The summed E-state index contributed by atoms with van der Waals surface area (Å²) in [7, 11) is 0. The van der Waals surface area contributed by atoms with Gasteiger partial charge in [-0.3, -0.25) is 0 Å². The molecule has 4 nitrogen and oxygen atoms in total. The van der Waals surface area contributed by atoms with E-state index in [0.717, 1.165) is 28.3 Å². The van der Waals surface area contributed by atoms with E-state index >= 15 is 0 Å². The molecule has 0 saturated heterocycles. The molecule has 0 bridgehead atoms. The second-order valence-electron chi connectivity index (χ2n) is 4.98. The third-order valence-corrected chi connectivity index (χ3v) is 3.57. The zero-order valence-corrected chi connectivity index (χ0v) is 11.2. The summed E-state index contributed by atoms with van der Waals surface area (Å²) in [4.78, 5) is 11.3. The molecule has 0 saturated carbocycles. The Labute approximate surface area is 112 Å². The molecule has 19 heavy (non-hydrogen) atoms. The topological polar surface area (TPSA) is 70.5 Å². The van der Waals surface area contributed by atoms with Gasteiger partial charge < -0.3 is 15.7 Å². The van der Waals surface area contributed by atoms with Crippen molar-refractivity contribution in [3.05, 3.63) is 42.0 Å². The van der Waals surface area contributed by atoms with Gasteiger partial charge in [-0.25, -0.2) is 4.98 Å². The average Bonchev–Trinajstić information content (AvgIpc) is 3.01. The Morgan fingerprint density at radius 3 is 2.89 bits per heavy atom. The minimum absolute atomic E-state index is 0.248. The van der Waals surface area contributed by atoms with Crippen molar-refractivity contribution in [1.29, 1.82) is 0 Å². The van der Waals surface area contributed by atoms with Crippen LogP contribution in [0.15, 0.2) is 30.5 Å².